The second kappa shape index (κ2) is 19.7. The molecule has 2 heterocycles. The van der Waals surface area contributed by atoms with Crippen molar-refractivity contribution in [3.05, 3.63) is 120 Å². The standard InChI is InChI=1S/C35H35N9O14S/c45-30(37-24-15-40(16-24)31(46)29-13-28(59)17-41(29)35(49)58-20-23-5-11-27(12-6-23)44(54)55)14-36-32(38-33(47)56-18-21-1-7-25(8-2-21)42(50)51)39-34(48)57-19-22-3-9-26(10-4-22)43(52)53/h1-12,24,28-29,59H,13-20H2,(H,37,45)(H2,36,38,39,47,48)/t28-,29-/m0/s1. The molecule has 0 unspecified atom stereocenters. The number of benzene rings is 3. The fourth-order valence-corrected chi connectivity index (χ4v) is 6.06. The van der Waals surface area contributed by atoms with Crippen LogP contribution in [-0.2, 0) is 43.6 Å². The number of amides is 5. The zero-order chi connectivity index (χ0) is 42.6. The van der Waals surface area contributed by atoms with Gasteiger partial charge >= 0.3 is 18.3 Å². The largest absolute Gasteiger partial charge is 0.445 e. The minimum atomic E-state index is -1.21. The van der Waals surface area contributed by atoms with Gasteiger partial charge in [-0.05, 0) is 59.5 Å². The van der Waals surface area contributed by atoms with Crippen LogP contribution in [-0.4, -0.2) is 104 Å². The number of carbonyl (C=O) groups is 5. The lowest BCUT2D eigenvalue weighted by molar-refractivity contribution is -0.385. The second-order valence-electron chi connectivity index (χ2n) is 13.0. The maximum absolute atomic E-state index is 13.4. The van der Waals surface area contributed by atoms with E-state index in [0.717, 1.165) is 0 Å². The number of nitro benzene ring substituents is 3. The van der Waals surface area contributed by atoms with E-state index in [1.165, 1.54) is 82.6 Å². The third kappa shape index (κ3) is 12.3. The number of likely N-dealkylation sites (tertiary alicyclic amines) is 2. The molecular formula is C35H35N9O14S. The lowest BCUT2D eigenvalue weighted by atomic mass is 10.1. The molecule has 2 aliphatic heterocycles. The Morgan fingerprint density at radius 1 is 0.712 bits per heavy atom. The van der Waals surface area contributed by atoms with Crippen LogP contribution in [0.5, 0.6) is 0 Å². The number of ether oxygens (including phenoxy) is 3. The molecule has 2 fully saturated rings. The molecule has 0 bridgehead atoms. The zero-order valence-electron chi connectivity index (χ0n) is 30.7. The third-order valence-electron chi connectivity index (χ3n) is 8.73. The van der Waals surface area contributed by atoms with E-state index in [2.05, 4.69) is 33.6 Å². The highest BCUT2D eigenvalue weighted by atomic mass is 32.1. The van der Waals surface area contributed by atoms with Crippen molar-refractivity contribution in [2.24, 2.45) is 4.99 Å². The SMILES string of the molecule is O=C(CN/C(=N\C(=O)OCc1ccc([N+](=O)[O-])cc1)NC(=O)OCc1ccc([N+](=O)[O-])cc1)NC1CN(C(=O)[C@@H]2C[C@H](S)CN2C(=O)OCc2ccc([N+](=O)[O-])cc2)C1. The number of alkyl carbamates (subject to hydrolysis) is 1. The van der Waals surface area contributed by atoms with Crippen LogP contribution in [0.4, 0.5) is 31.4 Å². The molecule has 0 saturated carbocycles. The number of nitrogens with one attached hydrogen (secondary N) is 3. The van der Waals surface area contributed by atoms with Gasteiger partial charge in [0.2, 0.25) is 17.8 Å². The number of hydrogen-bond donors (Lipinski definition) is 4. The average molecular weight is 838 g/mol. The van der Waals surface area contributed by atoms with Crippen LogP contribution < -0.4 is 16.0 Å². The van der Waals surface area contributed by atoms with Crippen LogP contribution in [0.1, 0.15) is 23.1 Å². The van der Waals surface area contributed by atoms with Crippen LogP contribution in [0.15, 0.2) is 77.8 Å². The molecule has 59 heavy (non-hydrogen) atoms. The van der Waals surface area contributed by atoms with Gasteiger partial charge in [-0.25, -0.2) is 14.4 Å². The quantitative estimate of drug-likeness (QED) is 0.0480. The number of nitro groups is 3. The lowest BCUT2D eigenvalue weighted by Crippen LogP contribution is -2.64. The summed E-state index contributed by atoms with van der Waals surface area (Å²) in [5.74, 6) is -1.55. The number of guanidine groups is 1. The minimum absolute atomic E-state index is 0.104. The molecule has 0 spiro atoms. The first-order chi connectivity index (χ1) is 28.1. The van der Waals surface area contributed by atoms with Crippen molar-refractivity contribution in [3.63, 3.8) is 0 Å². The molecular weight excluding hydrogens is 803 g/mol. The zero-order valence-corrected chi connectivity index (χ0v) is 31.6. The van der Waals surface area contributed by atoms with Gasteiger partial charge in [-0.3, -0.25) is 50.1 Å². The summed E-state index contributed by atoms with van der Waals surface area (Å²) in [5.41, 5.74) is 0.836. The molecule has 3 aromatic rings. The monoisotopic (exact) mass is 837 g/mol. The van der Waals surface area contributed by atoms with Crippen molar-refractivity contribution in [3.8, 4) is 0 Å². The molecule has 5 rings (SSSR count). The smallest absolute Gasteiger partial charge is 0.437 e. The highest BCUT2D eigenvalue weighted by Gasteiger charge is 2.44. The van der Waals surface area contributed by atoms with E-state index in [0.29, 0.717) is 16.7 Å². The van der Waals surface area contributed by atoms with E-state index in [1.54, 1.807) is 0 Å². The average Bonchev–Trinajstić information content (AvgIpc) is 3.60. The first-order valence-electron chi connectivity index (χ1n) is 17.5. The summed E-state index contributed by atoms with van der Waals surface area (Å²) >= 11 is 4.44. The molecule has 2 atom stereocenters. The van der Waals surface area contributed by atoms with E-state index in [4.69, 9.17) is 14.2 Å². The highest BCUT2D eigenvalue weighted by molar-refractivity contribution is 7.81. The van der Waals surface area contributed by atoms with Crippen molar-refractivity contribution in [2.75, 3.05) is 26.2 Å². The summed E-state index contributed by atoms with van der Waals surface area (Å²) in [6.45, 7) is -1.01. The molecule has 0 aromatic heterocycles. The molecule has 0 radical (unpaired) electrons. The molecule has 24 heteroatoms. The number of non-ortho nitro benzene ring substituents is 3. The van der Waals surface area contributed by atoms with Crippen molar-refractivity contribution >= 4 is 65.7 Å². The fraction of sp³-hybridized carbons (Fsp3) is 0.314. The predicted molar refractivity (Wildman–Crippen MR) is 205 cm³/mol. The number of nitrogens with zero attached hydrogens (tertiary/aromatic N) is 6. The molecule has 0 aliphatic carbocycles. The van der Waals surface area contributed by atoms with E-state index in [1.807, 2.05) is 0 Å². The van der Waals surface area contributed by atoms with Gasteiger partial charge in [0.1, 0.15) is 25.9 Å². The Hall–Kier alpha value is -7.37. The Kier molecular flexibility index (Phi) is 14.3. The van der Waals surface area contributed by atoms with Crippen molar-refractivity contribution < 1.29 is 53.0 Å². The number of carbonyl (C=O) groups excluding carboxylic acids is 5. The maximum atomic E-state index is 13.4. The Balaban J connectivity index is 1.11. The van der Waals surface area contributed by atoms with Gasteiger partial charge in [0.25, 0.3) is 17.1 Å². The molecule has 3 N–H and O–H groups in total. The normalized spacial score (nSPS) is 16.3. The molecule has 2 aliphatic rings. The van der Waals surface area contributed by atoms with Crippen LogP contribution >= 0.6 is 12.6 Å². The molecule has 310 valence electrons. The molecule has 3 aromatic carbocycles. The fourth-order valence-electron chi connectivity index (χ4n) is 5.68. The van der Waals surface area contributed by atoms with Gasteiger partial charge in [0.15, 0.2) is 0 Å². The summed E-state index contributed by atoms with van der Waals surface area (Å²) in [6.07, 6.45) is -2.83. The van der Waals surface area contributed by atoms with Crippen LogP contribution in [0, 0.1) is 30.3 Å². The van der Waals surface area contributed by atoms with E-state index >= 15 is 0 Å². The number of thiol groups is 1. The lowest BCUT2D eigenvalue weighted by Gasteiger charge is -2.41. The summed E-state index contributed by atoms with van der Waals surface area (Å²) in [7, 11) is 0. The van der Waals surface area contributed by atoms with E-state index < -0.39 is 63.5 Å². The molecule has 23 nitrogen and oxygen atoms in total. The maximum Gasteiger partial charge on any atom is 0.437 e. The Morgan fingerprint density at radius 2 is 1.19 bits per heavy atom. The summed E-state index contributed by atoms with van der Waals surface area (Å²) in [6, 6.07) is 14.4. The van der Waals surface area contributed by atoms with Gasteiger partial charge in [0.05, 0.1) is 27.4 Å². The number of aliphatic imine (C=N–C) groups is 1. The second-order valence-corrected chi connectivity index (χ2v) is 13.7. The van der Waals surface area contributed by atoms with E-state index in [-0.39, 0.29) is 74.1 Å². The van der Waals surface area contributed by atoms with Crippen molar-refractivity contribution in [1.82, 2.24) is 25.8 Å². The van der Waals surface area contributed by atoms with Gasteiger partial charge in [0, 0.05) is 61.3 Å². The Morgan fingerprint density at radius 3 is 1.68 bits per heavy atom. The van der Waals surface area contributed by atoms with E-state index in [9.17, 15) is 54.3 Å². The van der Waals surface area contributed by atoms with Gasteiger partial charge in [-0.2, -0.15) is 12.6 Å². The third-order valence-corrected chi connectivity index (χ3v) is 9.11. The summed E-state index contributed by atoms with van der Waals surface area (Å²) in [4.78, 5) is 102. The van der Waals surface area contributed by atoms with Crippen LogP contribution in [0.2, 0.25) is 0 Å². The number of rotatable bonds is 13. The van der Waals surface area contributed by atoms with Crippen LogP contribution in [0.25, 0.3) is 0 Å². The first-order valence-corrected chi connectivity index (χ1v) is 18.0. The molecule has 5 amide bonds. The van der Waals surface area contributed by atoms with Crippen LogP contribution in [0.3, 0.4) is 0 Å². The molecule has 2 saturated heterocycles. The Bertz CT molecular complexity index is 2110. The van der Waals surface area contributed by atoms with Gasteiger partial charge in [-0.15, -0.1) is 4.99 Å². The summed E-state index contributed by atoms with van der Waals surface area (Å²) < 4.78 is 15.5. The van der Waals surface area contributed by atoms with Gasteiger partial charge < -0.3 is 29.7 Å². The first kappa shape index (κ1) is 42.8. The Labute approximate surface area is 338 Å². The minimum Gasteiger partial charge on any atom is -0.445 e. The van der Waals surface area contributed by atoms with Gasteiger partial charge in [-0.1, -0.05) is 0 Å². The highest BCUT2D eigenvalue weighted by Crippen LogP contribution is 2.26. The predicted octanol–water partition coefficient (Wildman–Crippen LogP) is 2.96. The number of hydrogen-bond acceptors (Lipinski definition) is 15. The topological polar surface area (TPSA) is 297 Å². The van der Waals surface area contributed by atoms with Crippen molar-refractivity contribution in [2.45, 2.75) is 43.6 Å². The summed E-state index contributed by atoms with van der Waals surface area (Å²) in [5, 5.41) is 39.8. The van der Waals surface area contributed by atoms with Crippen molar-refractivity contribution in [1.29, 1.82) is 0 Å².